The Bertz CT molecular complexity index is 839. The third kappa shape index (κ3) is 6.81. The molecule has 7 nitrogen and oxygen atoms in total. The number of hydrazine groups is 1. The first-order valence-corrected chi connectivity index (χ1v) is 8.83. The average Bonchev–Trinajstić information content (AvgIpc) is 2.70. The van der Waals surface area contributed by atoms with Crippen molar-refractivity contribution in [2.45, 2.75) is 12.8 Å². The summed E-state index contributed by atoms with van der Waals surface area (Å²) >= 11 is 0. The van der Waals surface area contributed by atoms with Gasteiger partial charge in [-0.2, -0.15) is 0 Å². The molecule has 8 heteroatoms. The van der Waals surface area contributed by atoms with E-state index in [0.717, 1.165) is 12.8 Å². The number of carbonyl (C=O) groups is 1. The second-order valence-corrected chi connectivity index (χ2v) is 5.71. The van der Waals surface area contributed by atoms with Gasteiger partial charge in [-0.05, 0) is 49.2 Å². The topological polar surface area (TPSA) is 87.6 Å². The van der Waals surface area contributed by atoms with Gasteiger partial charge in [-0.3, -0.25) is 15.4 Å². The molecule has 1 aromatic carbocycles. The number of benzene rings is 1. The second kappa shape index (κ2) is 11.5. The SMILES string of the molecule is CNNC(=NCCCC=Cc1ncccc1C(=O)OC)Nc1cccc(F)c1. The number of methoxy groups -OCH3 is 1. The minimum absolute atomic E-state index is 0.320. The molecule has 0 amide bonds. The summed E-state index contributed by atoms with van der Waals surface area (Å²) in [6, 6.07) is 9.52. The predicted octanol–water partition coefficient (Wildman–Crippen LogP) is 2.99. The van der Waals surface area contributed by atoms with Gasteiger partial charge in [0.15, 0.2) is 0 Å². The Morgan fingerprint density at radius 3 is 2.93 bits per heavy atom. The van der Waals surface area contributed by atoms with Crippen LogP contribution in [0.2, 0.25) is 0 Å². The van der Waals surface area contributed by atoms with Gasteiger partial charge in [0.25, 0.3) is 0 Å². The number of esters is 1. The van der Waals surface area contributed by atoms with Crippen molar-refractivity contribution >= 4 is 23.7 Å². The molecule has 1 aromatic heterocycles. The molecule has 0 aliphatic carbocycles. The molecular weight excluding hydrogens is 361 g/mol. The van der Waals surface area contributed by atoms with Crippen LogP contribution in [-0.2, 0) is 4.74 Å². The fourth-order valence-corrected chi connectivity index (χ4v) is 2.36. The molecule has 0 bridgehead atoms. The summed E-state index contributed by atoms with van der Waals surface area (Å²) in [7, 11) is 3.06. The van der Waals surface area contributed by atoms with Crippen molar-refractivity contribution in [3.63, 3.8) is 0 Å². The molecule has 0 radical (unpaired) electrons. The average molecular weight is 385 g/mol. The molecule has 2 aromatic rings. The van der Waals surface area contributed by atoms with E-state index in [9.17, 15) is 9.18 Å². The van der Waals surface area contributed by atoms with Crippen molar-refractivity contribution < 1.29 is 13.9 Å². The zero-order chi connectivity index (χ0) is 20.2. The molecule has 0 saturated heterocycles. The highest BCUT2D eigenvalue weighted by molar-refractivity contribution is 5.93. The standard InChI is InChI=1S/C20H24FN5O2/c1-22-26-20(25-16-9-6-8-15(21)14-16)24-12-5-3-4-11-18-17(19(27)28-2)10-7-13-23-18/h4,6-11,13-14,22H,3,5,12H2,1-2H3,(H2,24,25,26). The van der Waals surface area contributed by atoms with Gasteiger partial charge in [0.05, 0.1) is 18.4 Å². The number of anilines is 1. The largest absolute Gasteiger partial charge is 0.465 e. The molecular formula is C20H24FN5O2. The third-order valence-corrected chi connectivity index (χ3v) is 3.65. The van der Waals surface area contributed by atoms with Gasteiger partial charge in [-0.1, -0.05) is 12.1 Å². The van der Waals surface area contributed by atoms with Crippen molar-refractivity contribution in [1.29, 1.82) is 0 Å². The number of ether oxygens (including phenoxy) is 1. The summed E-state index contributed by atoms with van der Waals surface area (Å²) in [4.78, 5) is 20.3. The van der Waals surface area contributed by atoms with E-state index in [4.69, 9.17) is 4.74 Å². The molecule has 0 saturated carbocycles. The van der Waals surface area contributed by atoms with Crippen LogP contribution in [0.3, 0.4) is 0 Å². The van der Waals surface area contributed by atoms with E-state index in [1.807, 2.05) is 6.08 Å². The summed E-state index contributed by atoms with van der Waals surface area (Å²) in [5.74, 6) is -0.238. The molecule has 0 fully saturated rings. The summed E-state index contributed by atoms with van der Waals surface area (Å²) in [5, 5.41) is 3.02. The highest BCUT2D eigenvalue weighted by atomic mass is 19.1. The first-order chi connectivity index (χ1) is 13.6. The summed E-state index contributed by atoms with van der Waals surface area (Å²) in [6.07, 6.45) is 6.91. The smallest absolute Gasteiger partial charge is 0.340 e. The Labute approximate surface area is 163 Å². The maximum Gasteiger partial charge on any atom is 0.340 e. The van der Waals surface area contributed by atoms with Crippen molar-refractivity contribution in [3.05, 3.63) is 65.7 Å². The zero-order valence-corrected chi connectivity index (χ0v) is 15.9. The number of nitrogens with one attached hydrogen (secondary N) is 3. The number of rotatable bonds is 8. The Balaban J connectivity index is 1.87. The summed E-state index contributed by atoms with van der Waals surface area (Å²) in [6.45, 7) is 0.558. The number of hydrogen-bond acceptors (Lipinski definition) is 5. The highest BCUT2D eigenvalue weighted by Crippen LogP contribution is 2.10. The van der Waals surface area contributed by atoms with Gasteiger partial charge in [0, 0.05) is 25.5 Å². The van der Waals surface area contributed by atoms with E-state index in [1.54, 1.807) is 43.6 Å². The maximum atomic E-state index is 13.3. The lowest BCUT2D eigenvalue weighted by Crippen LogP contribution is -2.39. The van der Waals surface area contributed by atoms with Gasteiger partial charge >= 0.3 is 5.97 Å². The van der Waals surface area contributed by atoms with Crippen LogP contribution < -0.4 is 16.2 Å². The number of aromatic nitrogens is 1. The fourth-order valence-electron chi connectivity index (χ4n) is 2.36. The molecule has 148 valence electrons. The van der Waals surface area contributed by atoms with E-state index in [1.165, 1.54) is 19.2 Å². The minimum Gasteiger partial charge on any atom is -0.465 e. The van der Waals surface area contributed by atoms with Crippen LogP contribution >= 0.6 is 0 Å². The highest BCUT2D eigenvalue weighted by Gasteiger charge is 2.09. The third-order valence-electron chi connectivity index (χ3n) is 3.65. The molecule has 1 heterocycles. The lowest BCUT2D eigenvalue weighted by atomic mass is 10.1. The van der Waals surface area contributed by atoms with Gasteiger partial charge in [0.1, 0.15) is 5.82 Å². The molecule has 0 spiro atoms. The Hall–Kier alpha value is -3.26. The first-order valence-electron chi connectivity index (χ1n) is 8.83. The van der Waals surface area contributed by atoms with Crippen LogP contribution in [0.5, 0.6) is 0 Å². The van der Waals surface area contributed by atoms with Gasteiger partial charge in [-0.25, -0.2) is 14.6 Å². The van der Waals surface area contributed by atoms with Crippen LogP contribution in [0.1, 0.15) is 28.9 Å². The number of unbranched alkanes of at least 4 members (excludes halogenated alkanes) is 1. The summed E-state index contributed by atoms with van der Waals surface area (Å²) in [5.41, 5.74) is 7.28. The second-order valence-electron chi connectivity index (χ2n) is 5.71. The van der Waals surface area contributed by atoms with E-state index >= 15 is 0 Å². The number of carbonyl (C=O) groups excluding carboxylic acids is 1. The predicted molar refractivity (Wildman–Crippen MR) is 108 cm³/mol. The molecule has 0 aliphatic rings. The van der Waals surface area contributed by atoms with E-state index < -0.39 is 5.97 Å². The fraction of sp³-hybridized carbons (Fsp3) is 0.250. The number of allylic oxidation sites excluding steroid dienone is 1. The van der Waals surface area contributed by atoms with Gasteiger partial charge in [-0.15, -0.1) is 0 Å². The number of nitrogens with zero attached hydrogens (tertiary/aromatic N) is 2. The van der Waals surface area contributed by atoms with Crippen LogP contribution in [0.15, 0.2) is 53.7 Å². The molecule has 0 unspecified atom stereocenters. The van der Waals surface area contributed by atoms with Crippen molar-refractivity contribution in [2.24, 2.45) is 4.99 Å². The Morgan fingerprint density at radius 2 is 2.18 bits per heavy atom. The quantitative estimate of drug-likeness (QED) is 0.213. The lowest BCUT2D eigenvalue weighted by molar-refractivity contribution is 0.0600. The lowest BCUT2D eigenvalue weighted by Gasteiger charge is -2.11. The van der Waals surface area contributed by atoms with Crippen LogP contribution in [-0.4, -0.2) is 37.6 Å². The van der Waals surface area contributed by atoms with Gasteiger partial charge < -0.3 is 10.1 Å². The number of hydrogen-bond donors (Lipinski definition) is 3. The zero-order valence-electron chi connectivity index (χ0n) is 15.9. The van der Waals surface area contributed by atoms with Crippen molar-refractivity contribution in [2.75, 3.05) is 26.0 Å². The normalized spacial score (nSPS) is 11.5. The Kier molecular flexibility index (Phi) is 8.61. The van der Waals surface area contributed by atoms with Crippen molar-refractivity contribution in [1.82, 2.24) is 15.8 Å². The van der Waals surface area contributed by atoms with Crippen LogP contribution in [0, 0.1) is 5.82 Å². The van der Waals surface area contributed by atoms with E-state index in [-0.39, 0.29) is 5.82 Å². The molecule has 0 atom stereocenters. The summed E-state index contributed by atoms with van der Waals surface area (Å²) < 4.78 is 18.0. The molecule has 3 N–H and O–H groups in total. The number of pyridine rings is 1. The van der Waals surface area contributed by atoms with E-state index in [2.05, 4.69) is 26.1 Å². The van der Waals surface area contributed by atoms with E-state index in [0.29, 0.717) is 29.4 Å². The number of guanidine groups is 1. The monoisotopic (exact) mass is 385 g/mol. The first kappa shape index (κ1) is 21.0. The molecule has 2 rings (SSSR count). The number of halogens is 1. The maximum absolute atomic E-state index is 13.3. The molecule has 0 aliphatic heterocycles. The molecule has 28 heavy (non-hydrogen) atoms. The van der Waals surface area contributed by atoms with Crippen LogP contribution in [0.4, 0.5) is 10.1 Å². The minimum atomic E-state index is -0.413. The van der Waals surface area contributed by atoms with Crippen molar-refractivity contribution in [3.8, 4) is 0 Å². The van der Waals surface area contributed by atoms with Gasteiger partial charge in [0.2, 0.25) is 5.96 Å². The van der Waals surface area contributed by atoms with Crippen LogP contribution in [0.25, 0.3) is 6.08 Å². The Morgan fingerprint density at radius 1 is 1.32 bits per heavy atom. The number of aliphatic imine (C=N–C) groups is 1.